The summed E-state index contributed by atoms with van der Waals surface area (Å²) >= 11 is 1.64. The number of rotatable bonds is 7. The number of alkyl halides is 2. The number of nitrogens with one attached hydrogen (secondary N) is 1. The molecule has 1 amide bonds. The Bertz CT molecular complexity index is 1120. The first-order valence-electron chi connectivity index (χ1n) is 11.3. The minimum Gasteiger partial charge on any atom is -0.347 e. The van der Waals surface area contributed by atoms with Gasteiger partial charge in [-0.15, -0.1) is 11.3 Å². The van der Waals surface area contributed by atoms with E-state index in [0.29, 0.717) is 32.6 Å². The molecule has 2 fully saturated rings. The molecule has 2 aromatic heterocycles. The Morgan fingerprint density at radius 1 is 1.18 bits per heavy atom. The van der Waals surface area contributed by atoms with E-state index >= 15 is 0 Å². The molecule has 33 heavy (non-hydrogen) atoms. The number of fused-ring (bicyclic) bond motifs is 3. The predicted molar refractivity (Wildman–Crippen MR) is 126 cm³/mol. The number of piperazine rings is 1. The van der Waals surface area contributed by atoms with Crippen LogP contribution in [-0.2, 0) is 17.3 Å². The van der Waals surface area contributed by atoms with Crippen LogP contribution in [0.3, 0.4) is 0 Å². The lowest BCUT2D eigenvalue weighted by atomic mass is 10.1. The van der Waals surface area contributed by atoms with Crippen LogP contribution in [0.5, 0.6) is 0 Å². The number of carbonyl (C=O) groups is 1. The Morgan fingerprint density at radius 2 is 1.97 bits per heavy atom. The number of nitrogens with zero attached hydrogens (tertiary/aromatic N) is 4. The quantitative estimate of drug-likeness (QED) is 0.525. The summed E-state index contributed by atoms with van der Waals surface area (Å²) < 4.78 is 28.2. The Hall–Kier alpha value is -2.65. The number of pyridine rings is 1. The van der Waals surface area contributed by atoms with Gasteiger partial charge in [0, 0.05) is 63.4 Å². The number of halogens is 2. The molecule has 3 aromatic rings. The van der Waals surface area contributed by atoms with E-state index < -0.39 is 5.92 Å². The summed E-state index contributed by atoms with van der Waals surface area (Å²) in [7, 11) is 0. The van der Waals surface area contributed by atoms with Crippen molar-refractivity contribution in [2.24, 2.45) is 0 Å². The lowest BCUT2D eigenvalue weighted by Crippen LogP contribution is -2.56. The van der Waals surface area contributed by atoms with Crippen LogP contribution in [0, 0.1) is 0 Å². The monoisotopic (exact) mass is 471 g/mol. The van der Waals surface area contributed by atoms with E-state index in [1.165, 1.54) is 22.5 Å². The van der Waals surface area contributed by atoms with Crippen molar-refractivity contribution in [2.45, 2.75) is 50.7 Å². The molecule has 0 radical (unpaired) electrons. The summed E-state index contributed by atoms with van der Waals surface area (Å²) in [6.07, 6.45) is 3.69. The van der Waals surface area contributed by atoms with Crippen molar-refractivity contribution in [1.29, 1.82) is 0 Å². The SMILES string of the molecule is CC(F)(F)c1ccc(N2C3CCC2CN(C(=O)CCNCc2cccc4ncsc24)C3)nc1. The molecule has 0 saturated carbocycles. The zero-order valence-corrected chi connectivity index (χ0v) is 19.3. The van der Waals surface area contributed by atoms with Gasteiger partial charge in [0.15, 0.2) is 0 Å². The topological polar surface area (TPSA) is 61.4 Å². The Morgan fingerprint density at radius 3 is 2.67 bits per heavy atom. The minimum absolute atomic E-state index is 0.0773. The zero-order valence-electron chi connectivity index (χ0n) is 18.5. The highest BCUT2D eigenvalue weighted by Crippen LogP contribution is 2.35. The van der Waals surface area contributed by atoms with Gasteiger partial charge in [0.1, 0.15) is 5.82 Å². The van der Waals surface area contributed by atoms with Gasteiger partial charge in [0.2, 0.25) is 5.91 Å². The molecule has 1 N–H and O–H groups in total. The van der Waals surface area contributed by atoms with Crippen LogP contribution in [0.4, 0.5) is 14.6 Å². The van der Waals surface area contributed by atoms with E-state index in [1.807, 2.05) is 22.5 Å². The molecule has 5 rings (SSSR count). The standard InChI is InChI=1S/C24H27F2N5OS/c1-24(25,26)17-5-8-21(28-12-17)31-18-6-7-19(31)14-30(13-18)22(32)9-10-27-11-16-3-2-4-20-23(16)33-15-29-20/h2-5,8,12,15,18-19,27H,6-7,9-11,13-14H2,1H3. The minimum atomic E-state index is -2.89. The molecular formula is C24H27F2N5OS. The number of carbonyl (C=O) groups excluding carboxylic acids is 1. The van der Waals surface area contributed by atoms with Crippen LogP contribution in [-0.4, -0.2) is 52.5 Å². The van der Waals surface area contributed by atoms with Crippen LogP contribution in [0.15, 0.2) is 42.0 Å². The number of hydrogen-bond acceptors (Lipinski definition) is 6. The molecule has 4 heterocycles. The number of benzene rings is 1. The number of likely N-dealkylation sites (tertiary alicyclic amines) is 1. The number of thiazole rings is 1. The highest BCUT2D eigenvalue weighted by Gasteiger charge is 2.42. The second-order valence-corrected chi connectivity index (χ2v) is 9.78. The van der Waals surface area contributed by atoms with E-state index in [0.717, 1.165) is 31.1 Å². The van der Waals surface area contributed by atoms with Crippen molar-refractivity contribution in [1.82, 2.24) is 20.2 Å². The fourth-order valence-corrected chi connectivity index (χ4v) is 5.74. The van der Waals surface area contributed by atoms with Gasteiger partial charge in [-0.05, 0) is 36.6 Å². The van der Waals surface area contributed by atoms with E-state index in [9.17, 15) is 13.6 Å². The van der Waals surface area contributed by atoms with E-state index in [-0.39, 0.29) is 23.6 Å². The Labute approximate surface area is 195 Å². The molecule has 174 valence electrons. The van der Waals surface area contributed by atoms with Crippen molar-refractivity contribution in [3.63, 3.8) is 0 Å². The third kappa shape index (κ3) is 4.56. The van der Waals surface area contributed by atoms with Crippen molar-refractivity contribution >= 4 is 33.3 Å². The maximum Gasteiger partial charge on any atom is 0.272 e. The first-order valence-corrected chi connectivity index (χ1v) is 12.2. The van der Waals surface area contributed by atoms with Gasteiger partial charge >= 0.3 is 0 Å². The van der Waals surface area contributed by atoms with Gasteiger partial charge in [0.25, 0.3) is 5.92 Å². The number of amides is 1. The summed E-state index contributed by atoms with van der Waals surface area (Å²) in [6.45, 7) is 3.53. The number of anilines is 1. The van der Waals surface area contributed by atoms with Crippen molar-refractivity contribution in [2.75, 3.05) is 24.5 Å². The molecule has 2 aliphatic heterocycles. The van der Waals surface area contributed by atoms with Crippen LogP contribution >= 0.6 is 11.3 Å². The number of hydrogen-bond donors (Lipinski definition) is 1. The molecule has 2 bridgehead atoms. The highest BCUT2D eigenvalue weighted by molar-refractivity contribution is 7.16. The van der Waals surface area contributed by atoms with Crippen molar-refractivity contribution in [3.05, 3.63) is 53.2 Å². The van der Waals surface area contributed by atoms with Gasteiger partial charge in [-0.3, -0.25) is 4.79 Å². The number of aromatic nitrogens is 2. The van der Waals surface area contributed by atoms with Crippen molar-refractivity contribution < 1.29 is 13.6 Å². The highest BCUT2D eigenvalue weighted by atomic mass is 32.1. The van der Waals surface area contributed by atoms with E-state index in [2.05, 4.69) is 26.3 Å². The van der Waals surface area contributed by atoms with Gasteiger partial charge in [-0.25, -0.2) is 18.7 Å². The van der Waals surface area contributed by atoms with E-state index in [1.54, 1.807) is 17.4 Å². The Kier molecular flexibility index (Phi) is 6.01. The lowest BCUT2D eigenvalue weighted by Gasteiger charge is -2.42. The molecule has 6 nitrogen and oxygen atoms in total. The third-order valence-electron chi connectivity index (χ3n) is 6.62. The summed E-state index contributed by atoms with van der Waals surface area (Å²) in [5.41, 5.74) is 3.99. The fraction of sp³-hybridized carbons (Fsp3) is 0.458. The lowest BCUT2D eigenvalue weighted by molar-refractivity contribution is -0.132. The molecule has 2 unspecified atom stereocenters. The van der Waals surface area contributed by atoms with Crippen LogP contribution in [0.1, 0.15) is 37.3 Å². The second kappa shape index (κ2) is 8.95. The Balaban J connectivity index is 1.14. The van der Waals surface area contributed by atoms with Gasteiger partial charge in [0.05, 0.1) is 15.7 Å². The fourth-order valence-electron chi connectivity index (χ4n) is 4.94. The average Bonchev–Trinajstić information content (AvgIpc) is 3.38. The normalized spacial score (nSPS) is 20.6. The van der Waals surface area contributed by atoms with Gasteiger partial charge in [-0.2, -0.15) is 0 Å². The summed E-state index contributed by atoms with van der Waals surface area (Å²) in [6, 6.07) is 9.62. The molecule has 1 aromatic carbocycles. The maximum absolute atomic E-state index is 13.5. The molecular weight excluding hydrogens is 444 g/mol. The summed E-state index contributed by atoms with van der Waals surface area (Å²) in [5.74, 6) is -2.01. The predicted octanol–water partition coefficient (Wildman–Crippen LogP) is 4.16. The molecule has 2 atom stereocenters. The molecule has 2 aliphatic rings. The van der Waals surface area contributed by atoms with Crippen LogP contribution in [0.2, 0.25) is 0 Å². The van der Waals surface area contributed by atoms with E-state index in [4.69, 9.17) is 0 Å². The molecule has 9 heteroatoms. The third-order valence-corrected chi connectivity index (χ3v) is 7.54. The van der Waals surface area contributed by atoms with Crippen molar-refractivity contribution in [3.8, 4) is 0 Å². The van der Waals surface area contributed by atoms with Crippen LogP contribution in [0.25, 0.3) is 10.2 Å². The molecule has 2 saturated heterocycles. The summed E-state index contributed by atoms with van der Waals surface area (Å²) in [5, 5.41) is 3.39. The zero-order chi connectivity index (χ0) is 23.0. The largest absolute Gasteiger partial charge is 0.347 e. The maximum atomic E-state index is 13.5. The second-order valence-electron chi connectivity index (χ2n) is 8.93. The average molecular weight is 472 g/mol. The van der Waals surface area contributed by atoms with Gasteiger partial charge < -0.3 is 15.1 Å². The first kappa shape index (κ1) is 22.2. The molecule has 0 aliphatic carbocycles. The summed E-state index contributed by atoms with van der Waals surface area (Å²) in [4.78, 5) is 25.7. The first-order chi connectivity index (χ1) is 15.9. The van der Waals surface area contributed by atoms with Crippen LogP contribution < -0.4 is 10.2 Å². The molecule has 0 spiro atoms. The smallest absolute Gasteiger partial charge is 0.272 e. The van der Waals surface area contributed by atoms with Gasteiger partial charge in [-0.1, -0.05) is 12.1 Å².